The Balaban J connectivity index is 2.15. The summed E-state index contributed by atoms with van der Waals surface area (Å²) < 4.78 is 1.49. The molecule has 6 heteroatoms. The van der Waals surface area contributed by atoms with E-state index in [1.165, 1.54) is 4.68 Å². The van der Waals surface area contributed by atoms with Gasteiger partial charge in [0.25, 0.3) is 5.91 Å². The molecule has 0 aliphatic carbocycles. The summed E-state index contributed by atoms with van der Waals surface area (Å²) in [5.74, 6) is -0.104. The molecule has 0 aliphatic heterocycles. The molecule has 2 N–H and O–H groups in total. The number of nitrogens with zero attached hydrogens (tertiary/aromatic N) is 4. The molecule has 0 atom stereocenters. The van der Waals surface area contributed by atoms with Gasteiger partial charge in [-0.2, -0.15) is 5.10 Å². The predicted octanol–water partition coefficient (Wildman–Crippen LogP) is 1.43. The van der Waals surface area contributed by atoms with Gasteiger partial charge in [0.2, 0.25) is 0 Å². The van der Waals surface area contributed by atoms with Crippen molar-refractivity contribution in [3.63, 3.8) is 0 Å². The number of carbonyl (C=O) groups excluding carboxylic acids is 1. The van der Waals surface area contributed by atoms with Crippen LogP contribution in [0.25, 0.3) is 17.2 Å². The first-order valence-electron chi connectivity index (χ1n) is 5.98. The van der Waals surface area contributed by atoms with Crippen LogP contribution in [0.1, 0.15) is 10.5 Å². The standard InChI is InChI=1S/C14H11N5O/c15-13(20)12-9-11(14-16-7-4-8-17-14)18-19(12)10-5-2-1-3-6-10/h1-9H,(H2,15,20). The van der Waals surface area contributed by atoms with Crippen molar-refractivity contribution in [2.24, 2.45) is 5.73 Å². The largest absolute Gasteiger partial charge is 0.364 e. The van der Waals surface area contributed by atoms with Gasteiger partial charge in [-0.25, -0.2) is 14.6 Å². The minimum atomic E-state index is -0.552. The van der Waals surface area contributed by atoms with Crippen LogP contribution in [0.3, 0.4) is 0 Å². The lowest BCUT2D eigenvalue weighted by Crippen LogP contribution is -2.16. The quantitative estimate of drug-likeness (QED) is 0.776. The van der Waals surface area contributed by atoms with Crippen LogP contribution in [0.2, 0.25) is 0 Å². The van der Waals surface area contributed by atoms with Gasteiger partial charge in [-0.05, 0) is 18.2 Å². The van der Waals surface area contributed by atoms with Crippen LogP contribution in [0.5, 0.6) is 0 Å². The van der Waals surface area contributed by atoms with Crippen LogP contribution >= 0.6 is 0 Å². The van der Waals surface area contributed by atoms with Crippen molar-refractivity contribution in [3.05, 3.63) is 60.6 Å². The maximum atomic E-state index is 11.6. The Morgan fingerprint density at radius 2 is 1.75 bits per heavy atom. The van der Waals surface area contributed by atoms with Gasteiger partial charge in [-0.15, -0.1) is 0 Å². The average molecular weight is 265 g/mol. The SMILES string of the molecule is NC(=O)c1cc(-c2ncccn2)nn1-c1ccccc1. The molecule has 0 unspecified atom stereocenters. The summed E-state index contributed by atoms with van der Waals surface area (Å²) in [6, 6.07) is 12.6. The molecule has 6 nitrogen and oxygen atoms in total. The normalized spacial score (nSPS) is 10.4. The van der Waals surface area contributed by atoms with E-state index in [4.69, 9.17) is 5.73 Å². The smallest absolute Gasteiger partial charge is 0.267 e. The van der Waals surface area contributed by atoms with E-state index >= 15 is 0 Å². The van der Waals surface area contributed by atoms with Gasteiger partial charge in [-0.1, -0.05) is 18.2 Å². The number of rotatable bonds is 3. The highest BCUT2D eigenvalue weighted by atomic mass is 16.1. The summed E-state index contributed by atoms with van der Waals surface area (Å²) >= 11 is 0. The molecule has 98 valence electrons. The molecular formula is C14H11N5O. The Labute approximate surface area is 114 Å². The number of nitrogens with two attached hydrogens (primary N) is 1. The Bertz CT molecular complexity index is 737. The van der Waals surface area contributed by atoms with E-state index in [0.29, 0.717) is 17.2 Å². The van der Waals surface area contributed by atoms with E-state index < -0.39 is 5.91 Å². The summed E-state index contributed by atoms with van der Waals surface area (Å²) in [5, 5.41) is 4.36. The average Bonchev–Trinajstić information content (AvgIpc) is 2.94. The first kappa shape index (κ1) is 12.0. The monoisotopic (exact) mass is 265 g/mol. The highest BCUT2D eigenvalue weighted by Gasteiger charge is 2.16. The van der Waals surface area contributed by atoms with Gasteiger partial charge in [0.15, 0.2) is 5.82 Å². The van der Waals surface area contributed by atoms with E-state index in [1.807, 2.05) is 30.3 Å². The molecule has 2 aromatic heterocycles. The minimum Gasteiger partial charge on any atom is -0.364 e. The molecule has 0 radical (unpaired) electrons. The van der Waals surface area contributed by atoms with Crippen LogP contribution in [0, 0.1) is 0 Å². The third-order valence-electron chi connectivity index (χ3n) is 2.76. The van der Waals surface area contributed by atoms with Gasteiger partial charge < -0.3 is 5.73 Å². The van der Waals surface area contributed by atoms with E-state index in [1.54, 1.807) is 24.5 Å². The van der Waals surface area contributed by atoms with Crippen molar-refractivity contribution in [1.29, 1.82) is 0 Å². The minimum absolute atomic E-state index is 0.290. The van der Waals surface area contributed by atoms with E-state index in [0.717, 1.165) is 5.69 Å². The lowest BCUT2D eigenvalue weighted by atomic mass is 10.3. The van der Waals surface area contributed by atoms with Crippen molar-refractivity contribution in [2.75, 3.05) is 0 Å². The van der Waals surface area contributed by atoms with E-state index in [2.05, 4.69) is 15.1 Å². The molecule has 3 rings (SSSR count). The number of benzene rings is 1. The molecule has 0 spiro atoms. The fraction of sp³-hybridized carbons (Fsp3) is 0. The van der Waals surface area contributed by atoms with Crippen molar-refractivity contribution < 1.29 is 4.79 Å². The molecule has 2 heterocycles. The second kappa shape index (κ2) is 4.93. The van der Waals surface area contributed by atoms with Crippen LogP contribution in [-0.2, 0) is 0 Å². The topological polar surface area (TPSA) is 86.7 Å². The Hall–Kier alpha value is -3.02. The molecule has 3 aromatic rings. The first-order chi connectivity index (χ1) is 9.75. The highest BCUT2D eigenvalue weighted by Crippen LogP contribution is 2.18. The van der Waals surface area contributed by atoms with E-state index in [-0.39, 0.29) is 0 Å². The maximum Gasteiger partial charge on any atom is 0.267 e. The van der Waals surface area contributed by atoms with Gasteiger partial charge in [0, 0.05) is 18.5 Å². The van der Waals surface area contributed by atoms with Gasteiger partial charge in [-0.3, -0.25) is 4.79 Å². The molecule has 1 amide bonds. The zero-order valence-electron chi connectivity index (χ0n) is 10.5. The van der Waals surface area contributed by atoms with Crippen LogP contribution in [0.4, 0.5) is 0 Å². The Kier molecular flexibility index (Phi) is 2.96. The summed E-state index contributed by atoms with van der Waals surface area (Å²) in [7, 11) is 0. The van der Waals surface area contributed by atoms with Crippen molar-refractivity contribution in [1.82, 2.24) is 19.7 Å². The van der Waals surface area contributed by atoms with Gasteiger partial charge >= 0.3 is 0 Å². The third-order valence-corrected chi connectivity index (χ3v) is 2.76. The highest BCUT2D eigenvalue weighted by molar-refractivity contribution is 5.92. The zero-order valence-corrected chi connectivity index (χ0v) is 10.5. The fourth-order valence-electron chi connectivity index (χ4n) is 1.86. The van der Waals surface area contributed by atoms with Crippen molar-refractivity contribution in [2.45, 2.75) is 0 Å². The number of carbonyl (C=O) groups is 1. The summed E-state index contributed by atoms with van der Waals surface area (Å²) in [5.41, 5.74) is 6.95. The second-order valence-electron chi connectivity index (χ2n) is 4.10. The summed E-state index contributed by atoms with van der Waals surface area (Å²) in [4.78, 5) is 19.8. The summed E-state index contributed by atoms with van der Waals surface area (Å²) in [6.45, 7) is 0. The fourth-order valence-corrected chi connectivity index (χ4v) is 1.86. The Morgan fingerprint density at radius 3 is 2.40 bits per heavy atom. The molecule has 20 heavy (non-hydrogen) atoms. The zero-order chi connectivity index (χ0) is 13.9. The predicted molar refractivity (Wildman–Crippen MR) is 73.1 cm³/mol. The molecule has 0 saturated carbocycles. The number of amides is 1. The number of hydrogen-bond donors (Lipinski definition) is 1. The summed E-state index contributed by atoms with van der Waals surface area (Å²) in [6.07, 6.45) is 3.24. The maximum absolute atomic E-state index is 11.6. The molecular weight excluding hydrogens is 254 g/mol. The molecule has 0 fully saturated rings. The molecule has 1 aromatic carbocycles. The van der Waals surface area contributed by atoms with Gasteiger partial charge in [0.05, 0.1) is 5.69 Å². The third kappa shape index (κ3) is 2.14. The first-order valence-corrected chi connectivity index (χ1v) is 5.98. The Morgan fingerprint density at radius 1 is 1.05 bits per heavy atom. The van der Waals surface area contributed by atoms with Crippen LogP contribution in [0.15, 0.2) is 54.9 Å². The lowest BCUT2D eigenvalue weighted by molar-refractivity contribution is 0.0993. The number of para-hydroxylation sites is 1. The molecule has 0 saturated heterocycles. The van der Waals surface area contributed by atoms with Crippen molar-refractivity contribution >= 4 is 5.91 Å². The number of hydrogen-bond acceptors (Lipinski definition) is 4. The second-order valence-corrected chi connectivity index (χ2v) is 4.10. The number of aromatic nitrogens is 4. The number of primary amides is 1. The van der Waals surface area contributed by atoms with Crippen LogP contribution in [-0.4, -0.2) is 25.7 Å². The van der Waals surface area contributed by atoms with Crippen molar-refractivity contribution in [3.8, 4) is 17.2 Å². The molecule has 0 aliphatic rings. The lowest BCUT2D eigenvalue weighted by Gasteiger charge is -2.03. The van der Waals surface area contributed by atoms with Gasteiger partial charge in [0.1, 0.15) is 11.4 Å². The molecule has 0 bridgehead atoms. The van der Waals surface area contributed by atoms with E-state index in [9.17, 15) is 4.79 Å². The van der Waals surface area contributed by atoms with Crippen LogP contribution < -0.4 is 5.73 Å².